The molecular weight excluding hydrogens is 403 g/mol. The average Bonchev–Trinajstić information content (AvgIpc) is 3.21. The van der Waals surface area contributed by atoms with E-state index in [1.807, 2.05) is 0 Å². The molecule has 3 aromatic carbocycles. The Balaban J connectivity index is 1.55. The Kier molecular flexibility index (Phi) is 4.70. The molecule has 1 saturated carbocycles. The lowest BCUT2D eigenvalue weighted by Crippen LogP contribution is -2.41. The van der Waals surface area contributed by atoms with Gasteiger partial charge in [0.05, 0.1) is 11.2 Å². The highest BCUT2D eigenvalue weighted by atomic mass is 16.7. The van der Waals surface area contributed by atoms with E-state index in [1.165, 1.54) is 65.5 Å². The van der Waals surface area contributed by atoms with Crippen LogP contribution in [0.25, 0.3) is 22.3 Å². The Morgan fingerprint density at radius 3 is 1.91 bits per heavy atom. The standard InChI is InChI=1S/C30H33BO2/c1-28(2)29(3,4)33-31(32-28)26-18-9-7-13-21(26)22-15-12-17-25-27(22)23-14-6-8-16-24(23)30(25)19-10-5-11-20-30/h6-9,12-18H,5,10-11,19-20H2,1-4H3. The molecule has 0 amide bonds. The molecule has 0 atom stereocenters. The molecule has 1 saturated heterocycles. The third kappa shape index (κ3) is 3.02. The van der Waals surface area contributed by atoms with E-state index in [0.717, 1.165) is 5.46 Å². The van der Waals surface area contributed by atoms with Crippen LogP contribution < -0.4 is 5.46 Å². The Morgan fingerprint density at radius 1 is 0.606 bits per heavy atom. The van der Waals surface area contributed by atoms with Gasteiger partial charge in [-0.1, -0.05) is 86.0 Å². The molecule has 2 nitrogen and oxygen atoms in total. The zero-order valence-electron chi connectivity index (χ0n) is 20.3. The van der Waals surface area contributed by atoms with Crippen LogP contribution in [0.5, 0.6) is 0 Å². The maximum Gasteiger partial charge on any atom is 0.495 e. The van der Waals surface area contributed by atoms with Crippen LogP contribution >= 0.6 is 0 Å². The SMILES string of the molecule is CC1(C)OB(c2ccccc2-c2cccc3c2-c2ccccc2C32CCCCC2)OC1(C)C. The van der Waals surface area contributed by atoms with Gasteiger partial charge in [-0.25, -0.2) is 0 Å². The van der Waals surface area contributed by atoms with Gasteiger partial charge in [-0.15, -0.1) is 0 Å². The van der Waals surface area contributed by atoms with E-state index in [2.05, 4.69) is 94.4 Å². The molecule has 0 unspecified atom stereocenters. The van der Waals surface area contributed by atoms with Crippen LogP contribution in [-0.2, 0) is 14.7 Å². The largest absolute Gasteiger partial charge is 0.495 e. The molecule has 1 heterocycles. The highest BCUT2D eigenvalue weighted by molar-refractivity contribution is 6.64. The van der Waals surface area contributed by atoms with Crippen molar-refractivity contribution in [1.29, 1.82) is 0 Å². The number of rotatable bonds is 2. The summed E-state index contributed by atoms with van der Waals surface area (Å²) in [5, 5.41) is 0. The minimum Gasteiger partial charge on any atom is -0.399 e. The fourth-order valence-electron chi connectivity index (χ4n) is 6.34. The van der Waals surface area contributed by atoms with Crippen LogP contribution in [0, 0.1) is 0 Å². The maximum atomic E-state index is 6.49. The van der Waals surface area contributed by atoms with E-state index < -0.39 is 0 Å². The highest BCUT2D eigenvalue weighted by Crippen LogP contribution is 2.57. The first-order chi connectivity index (χ1) is 15.8. The molecule has 33 heavy (non-hydrogen) atoms. The van der Waals surface area contributed by atoms with Crippen molar-refractivity contribution in [1.82, 2.24) is 0 Å². The van der Waals surface area contributed by atoms with E-state index in [1.54, 1.807) is 0 Å². The van der Waals surface area contributed by atoms with Crippen LogP contribution in [0.4, 0.5) is 0 Å². The fraction of sp³-hybridized carbons (Fsp3) is 0.400. The van der Waals surface area contributed by atoms with E-state index in [4.69, 9.17) is 9.31 Å². The summed E-state index contributed by atoms with van der Waals surface area (Å²) in [5.74, 6) is 0. The van der Waals surface area contributed by atoms with Crippen LogP contribution in [0.2, 0.25) is 0 Å². The van der Waals surface area contributed by atoms with Gasteiger partial charge < -0.3 is 9.31 Å². The summed E-state index contributed by atoms with van der Waals surface area (Å²) in [7, 11) is -0.373. The average molecular weight is 436 g/mol. The molecule has 1 spiro atoms. The second-order valence-corrected chi connectivity index (χ2v) is 11.1. The van der Waals surface area contributed by atoms with Crippen molar-refractivity contribution < 1.29 is 9.31 Å². The molecule has 3 aromatic rings. The third-order valence-electron chi connectivity index (χ3n) is 8.76. The first-order valence-corrected chi connectivity index (χ1v) is 12.5. The van der Waals surface area contributed by atoms with Crippen molar-refractivity contribution in [2.45, 2.75) is 76.4 Å². The van der Waals surface area contributed by atoms with Crippen LogP contribution in [0.15, 0.2) is 66.7 Å². The summed E-state index contributed by atoms with van der Waals surface area (Å²) in [6.45, 7) is 8.50. The lowest BCUT2D eigenvalue weighted by molar-refractivity contribution is 0.00578. The Labute approximate surface area is 198 Å². The normalized spacial score (nSPS) is 21.8. The van der Waals surface area contributed by atoms with Gasteiger partial charge in [-0.3, -0.25) is 0 Å². The zero-order valence-corrected chi connectivity index (χ0v) is 20.3. The summed E-state index contributed by atoms with van der Waals surface area (Å²) < 4.78 is 13.0. The number of hydrogen-bond donors (Lipinski definition) is 0. The molecule has 0 bridgehead atoms. The predicted octanol–water partition coefficient (Wildman–Crippen LogP) is 6.88. The second-order valence-electron chi connectivity index (χ2n) is 11.1. The van der Waals surface area contributed by atoms with Gasteiger partial charge in [0.15, 0.2) is 0 Å². The van der Waals surface area contributed by atoms with Crippen molar-refractivity contribution in [3.8, 4) is 22.3 Å². The van der Waals surface area contributed by atoms with E-state index >= 15 is 0 Å². The van der Waals surface area contributed by atoms with Crippen molar-refractivity contribution in [2.75, 3.05) is 0 Å². The molecule has 0 aromatic heterocycles. The van der Waals surface area contributed by atoms with Crippen molar-refractivity contribution in [3.05, 3.63) is 77.9 Å². The number of benzene rings is 3. The third-order valence-corrected chi connectivity index (χ3v) is 8.76. The van der Waals surface area contributed by atoms with Crippen LogP contribution in [0.3, 0.4) is 0 Å². The fourth-order valence-corrected chi connectivity index (χ4v) is 6.34. The van der Waals surface area contributed by atoms with Crippen molar-refractivity contribution >= 4 is 12.6 Å². The number of hydrogen-bond acceptors (Lipinski definition) is 2. The minimum absolute atomic E-state index is 0.166. The second kappa shape index (κ2) is 7.32. The van der Waals surface area contributed by atoms with Gasteiger partial charge in [0.2, 0.25) is 0 Å². The van der Waals surface area contributed by atoms with Crippen molar-refractivity contribution in [2.24, 2.45) is 0 Å². The van der Waals surface area contributed by atoms with Gasteiger partial charge in [0.1, 0.15) is 0 Å². The van der Waals surface area contributed by atoms with Gasteiger partial charge in [0, 0.05) is 5.41 Å². The Hall–Kier alpha value is -2.36. The molecule has 0 radical (unpaired) electrons. The van der Waals surface area contributed by atoms with E-state index in [-0.39, 0.29) is 23.7 Å². The summed E-state index contributed by atoms with van der Waals surface area (Å²) in [6, 6.07) is 24.7. The van der Waals surface area contributed by atoms with Crippen LogP contribution in [0.1, 0.15) is 70.9 Å². The van der Waals surface area contributed by atoms with Crippen LogP contribution in [-0.4, -0.2) is 18.3 Å². The van der Waals surface area contributed by atoms with Gasteiger partial charge in [0.25, 0.3) is 0 Å². The summed E-state index contributed by atoms with van der Waals surface area (Å²) in [4.78, 5) is 0. The minimum atomic E-state index is -0.373. The van der Waals surface area contributed by atoms with Gasteiger partial charge in [-0.2, -0.15) is 0 Å². The monoisotopic (exact) mass is 436 g/mol. The number of fused-ring (bicyclic) bond motifs is 5. The maximum absolute atomic E-state index is 6.49. The van der Waals surface area contributed by atoms with Gasteiger partial charge in [-0.05, 0) is 79.4 Å². The lowest BCUT2D eigenvalue weighted by Gasteiger charge is -2.36. The van der Waals surface area contributed by atoms with E-state index in [9.17, 15) is 0 Å². The highest BCUT2D eigenvalue weighted by Gasteiger charge is 2.52. The molecule has 3 heteroatoms. The molecule has 0 N–H and O–H groups in total. The smallest absolute Gasteiger partial charge is 0.399 e. The summed E-state index contributed by atoms with van der Waals surface area (Å²) in [6.07, 6.45) is 6.47. The molecule has 6 rings (SSSR count). The zero-order chi connectivity index (χ0) is 22.8. The molecule has 2 aliphatic carbocycles. The molecular formula is C30H33BO2. The quantitative estimate of drug-likeness (QED) is 0.408. The first kappa shape index (κ1) is 21.2. The Morgan fingerprint density at radius 2 is 1.18 bits per heavy atom. The molecule has 1 aliphatic heterocycles. The topological polar surface area (TPSA) is 18.5 Å². The van der Waals surface area contributed by atoms with E-state index in [0.29, 0.717) is 0 Å². The summed E-state index contributed by atoms with van der Waals surface area (Å²) >= 11 is 0. The molecule has 168 valence electrons. The first-order valence-electron chi connectivity index (χ1n) is 12.5. The molecule has 3 aliphatic rings. The molecule has 2 fully saturated rings. The Bertz CT molecular complexity index is 1200. The lowest BCUT2D eigenvalue weighted by atomic mass is 9.67. The predicted molar refractivity (Wildman–Crippen MR) is 137 cm³/mol. The summed E-state index contributed by atoms with van der Waals surface area (Å²) in [5.41, 5.74) is 8.96. The van der Waals surface area contributed by atoms with Gasteiger partial charge >= 0.3 is 7.12 Å². The van der Waals surface area contributed by atoms with Crippen molar-refractivity contribution in [3.63, 3.8) is 0 Å².